The van der Waals surface area contributed by atoms with Gasteiger partial charge in [0.05, 0.1) is 31.8 Å². The van der Waals surface area contributed by atoms with Gasteiger partial charge in [-0.2, -0.15) is 0 Å². The molecule has 1 aromatic heterocycles. The van der Waals surface area contributed by atoms with Crippen LogP contribution >= 0.6 is 0 Å². The first kappa shape index (κ1) is 18.4. The van der Waals surface area contributed by atoms with E-state index >= 15 is 0 Å². The van der Waals surface area contributed by atoms with Crippen molar-refractivity contribution in [3.05, 3.63) is 12.4 Å². The zero-order chi connectivity index (χ0) is 18.7. The standard InChI is InChI=1S/C19H28N4O4/c1-25-17-11-16(20-14-21-17)23-8-10-27-19(13-23)4-2-6-22(7-5-19)18(24)15-3-9-26-12-15/h11,14-15H,2-10,12-13H2,1H3. The first-order chi connectivity index (χ1) is 13.2. The van der Waals surface area contributed by atoms with Gasteiger partial charge in [-0.1, -0.05) is 0 Å². The SMILES string of the molecule is COc1cc(N2CCOC3(CCCN(C(=O)C4CCOC4)CC3)C2)ncn1. The van der Waals surface area contributed by atoms with Gasteiger partial charge in [-0.05, 0) is 25.7 Å². The number of carbonyl (C=O) groups excluding carboxylic acids is 1. The highest BCUT2D eigenvalue weighted by atomic mass is 16.5. The Balaban J connectivity index is 1.42. The van der Waals surface area contributed by atoms with Crippen molar-refractivity contribution in [2.24, 2.45) is 5.92 Å². The van der Waals surface area contributed by atoms with E-state index in [1.807, 2.05) is 11.0 Å². The summed E-state index contributed by atoms with van der Waals surface area (Å²) in [7, 11) is 1.61. The molecule has 4 heterocycles. The maximum atomic E-state index is 12.7. The van der Waals surface area contributed by atoms with Crippen molar-refractivity contribution in [3.8, 4) is 5.88 Å². The Morgan fingerprint density at radius 3 is 3.00 bits per heavy atom. The molecule has 0 N–H and O–H groups in total. The van der Waals surface area contributed by atoms with Gasteiger partial charge in [0.1, 0.15) is 12.1 Å². The number of ether oxygens (including phenoxy) is 3. The Labute approximate surface area is 159 Å². The van der Waals surface area contributed by atoms with Crippen molar-refractivity contribution in [2.45, 2.75) is 31.3 Å². The van der Waals surface area contributed by atoms with Gasteiger partial charge in [0.25, 0.3) is 0 Å². The van der Waals surface area contributed by atoms with E-state index in [2.05, 4.69) is 14.9 Å². The molecule has 1 aromatic rings. The van der Waals surface area contributed by atoms with E-state index in [1.54, 1.807) is 7.11 Å². The van der Waals surface area contributed by atoms with Crippen molar-refractivity contribution in [1.29, 1.82) is 0 Å². The number of anilines is 1. The molecule has 2 unspecified atom stereocenters. The van der Waals surface area contributed by atoms with Crippen LogP contribution in [0.2, 0.25) is 0 Å². The van der Waals surface area contributed by atoms with E-state index in [4.69, 9.17) is 14.2 Å². The third-order valence-corrected chi connectivity index (χ3v) is 5.90. The lowest BCUT2D eigenvalue weighted by Crippen LogP contribution is -2.52. The molecule has 3 fully saturated rings. The number of likely N-dealkylation sites (tertiary alicyclic amines) is 1. The van der Waals surface area contributed by atoms with Crippen LogP contribution in [0.15, 0.2) is 12.4 Å². The molecule has 1 spiro atoms. The van der Waals surface area contributed by atoms with E-state index in [9.17, 15) is 4.79 Å². The first-order valence-corrected chi connectivity index (χ1v) is 9.81. The number of amides is 1. The molecule has 3 aliphatic rings. The van der Waals surface area contributed by atoms with Gasteiger partial charge in [0.2, 0.25) is 11.8 Å². The number of nitrogens with zero attached hydrogens (tertiary/aromatic N) is 4. The van der Waals surface area contributed by atoms with Crippen molar-refractivity contribution >= 4 is 11.7 Å². The summed E-state index contributed by atoms with van der Waals surface area (Å²) in [5.74, 6) is 1.72. The maximum Gasteiger partial charge on any atom is 0.228 e. The predicted octanol–water partition coefficient (Wildman–Crippen LogP) is 1.11. The van der Waals surface area contributed by atoms with Crippen LogP contribution in [0.25, 0.3) is 0 Å². The van der Waals surface area contributed by atoms with Crippen molar-refractivity contribution in [2.75, 3.05) is 58.0 Å². The number of morpholine rings is 1. The van der Waals surface area contributed by atoms with Crippen molar-refractivity contribution in [1.82, 2.24) is 14.9 Å². The minimum absolute atomic E-state index is 0.0382. The molecule has 3 saturated heterocycles. The Bertz CT molecular complexity index is 667. The van der Waals surface area contributed by atoms with Crippen molar-refractivity contribution in [3.63, 3.8) is 0 Å². The van der Waals surface area contributed by atoms with Crippen LogP contribution in [0.1, 0.15) is 25.7 Å². The second-order valence-electron chi connectivity index (χ2n) is 7.61. The van der Waals surface area contributed by atoms with Crippen molar-refractivity contribution < 1.29 is 19.0 Å². The first-order valence-electron chi connectivity index (χ1n) is 9.81. The Morgan fingerprint density at radius 1 is 1.26 bits per heavy atom. The minimum Gasteiger partial charge on any atom is -0.481 e. The molecule has 0 aliphatic carbocycles. The third kappa shape index (κ3) is 4.01. The van der Waals surface area contributed by atoms with Gasteiger partial charge in [-0.15, -0.1) is 0 Å². The zero-order valence-electron chi connectivity index (χ0n) is 15.9. The second kappa shape index (κ2) is 7.98. The summed E-state index contributed by atoms with van der Waals surface area (Å²) >= 11 is 0. The van der Waals surface area contributed by atoms with Gasteiger partial charge in [0.15, 0.2) is 0 Å². The molecule has 27 heavy (non-hydrogen) atoms. The molecule has 8 nitrogen and oxygen atoms in total. The highest BCUT2D eigenvalue weighted by molar-refractivity contribution is 5.79. The van der Waals surface area contributed by atoms with Crippen LogP contribution in [0.3, 0.4) is 0 Å². The molecule has 1 amide bonds. The Hall–Kier alpha value is -1.93. The van der Waals surface area contributed by atoms with Crippen LogP contribution in [-0.2, 0) is 14.3 Å². The smallest absolute Gasteiger partial charge is 0.228 e. The fraction of sp³-hybridized carbons (Fsp3) is 0.737. The largest absolute Gasteiger partial charge is 0.481 e. The lowest BCUT2D eigenvalue weighted by Gasteiger charge is -2.43. The van der Waals surface area contributed by atoms with Crippen LogP contribution in [0, 0.1) is 5.92 Å². The summed E-state index contributed by atoms with van der Waals surface area (Å²) < 4.78 is 16.9. The van der Waals surface area contributed by atoms with E-state index < -0.39 is 0 Å². The summed E-state index contributed by atoms with van der Waals surface area (Å²) in [4.78, 5) is 25.5. The summed E-state index contributed by atoms with van der Waals surface area (Å²) in [6.45, 7) is 5.06. The molecule has 4 rings (SSSR count). The average molecular weight is 376 g/mol. The van der Waals surface area contributed by atoms with E-state index in [0.717, 1.165) is 57.7 Å². The number of hydrogen-bond donors (Lipinski definition) is 0. The lowest BCUT2D eigenvalue weighted by atomic mass is 9.92. The number of carbonyl (C=O) groups is 1. The third-order valence-electron chi connectivity index (χ3n) is 5.90. The van der Waals surface area contributed by atoms with E-state index in [-0.39, 0.29) is 17.4 Å². The highest BCUT2D eigenvalue weighted by Crippen LogP contribution is 2.33. The molecule has 8 heteroatoms. The van der Waals surface area contributed by atoms with Crippen LogP contribution < -0.4 is 9.64 Å². The zero-order valence-corrected chi connectivity index (χ0v) is 15.9. The fourth-order valence-electron chi connectivity index (χ4n) is 4.33. The van der Waals surface area contributed by atoms with Crippen LogP contribution in [-0.4, -0.2) is 79.5 Å². The van der Waals surface area contributed by atoms with Crippen LogP contribution in [0.4, 0.5) is 5.82 Å². The molecule has 0 radical (unpaired) electrons. The molecule has 2 atom stereocenters. The summed E-state index contributed by atoms with van der Waals surface area (Å²) in [5, 5.41) is 0. The van der Waals surface area contributed by atoms with Gasteiger partial charge < -0.3 is 24.0 Å². The van der Waals surface area contributed by atoms with Gasteiger partial charge in [-0.25, -0.2) is 9.97 Å². The van der Waals surface area contributed by atoms with E-state index in [0.29, 0.717) is 25.7 Å². The normalized spacial score (nSPS) is 29.0. The average Bonchev–Trinajstić information content (AvgIpc) is 3.18. The van der Waals surface area contributed by atoms with E-state index in [1.165, 1.54) is 6.33 Å². The van der Waals surface area contributed by atoms with Crippen LogP contribution in [0.5, 0.6) is 5.88 Å². The molecule has 148 valence electrons. The number of methoxy groups -OCH3 is 1. The minimum atomic E-state index is -0.225. The monoisotopic (exact) mass is 376 g/mol. The predicted molar refractivity (Wildman–Crippen MR) is 98.8 cm³/mol. The summed E-state index contributed by atoms with van der Waals surface area (Å²) in [6.07, 6.45) is 5.15. The lowest BCUT2D eigenvalue weighted by molar-refractivity contribution is -0.135. The quantitative estimate of drug-likeness (QED) is 0.782. The Kier molecular flexibility index (Phi) is 5.45. The molecule has 0 bridgehead atoms. The molecule has 3 aliphatic heterocycles. The Morgan fingerprint density at radius 2 is 2.19 bits per heavy atom. The highest BCUT2D eigenvalue weighted by Gasteiger charge is 2.40. The van der Waals surface area contributed by atoms with Gasteiger partial charge in [-0.3, -0.25) is 4.79 Å². The fourth-order valence-corrected chi connectivity index (χ4v) is 4.33. The topological polar surface area (TPSA) is 77.0 Å². The maximum absolute atomic E-state index is 12.7. The molecular weight excluding hydrogens is 348 g/mol. The van der Waals surface area contributed by atoms with Gasteiger partial charge in [0, 0.05) is 38.9 Å². The summed E-state index contributed by atoms with van der Waals surface area (Å²) in [6, 6.07) is 1.87. The van der Waals surface area contributed by atoms with Gasteiger partial charge >= 0.3 is 0 Å². The number of rotatable bonds is 3. The number of aromatic nitrogens is 2. The summed E-state index contributed by atoms with van der Waals surface area (Å²) in [5.41, 5.74) is -0.225. The molecular formula is C19H28N4O4. The second-order valence-corrected chi connectivity index (χ2v) is 7.61. The molecule has 0 aromatic carbocycles. The number of hydrogen-bond acceptors (Lipinski definition) is 7. The molecule has 0 saturated carbocycles.